The Morgan fingerprint density at radius 2 is 1.88 bits per heavy atom. The van der Waals surface area contributed by atoms with Gasteiger partial charge in [-0.2, -0.15) is 5.26 Å². The largest absolute Gasteiger partial charge is 0.366 e. The van der Waals surface area contributed by atoms with Gasteiger partial charge in [0.2, 0.25) is 0 Å². The van der Waals surface area contributed by atoms with Crippen LogP contribution < -0.4 is 5.32 Å². The van der Waals surface area contributed by atoms with Crippen LogP contribution in [-0.2, 0) is 0 Å². The van der Waals surface area contributed by atoms with Crippen LogP contribution in [0.2, 0.25) is 0 Å². The van der Waals surface area contributed by atoms with Gasteiger partial charge >= 0.3 is 0 Å². The summed E-state index contributed by atoms with van der Waals surface area (Å²) in [6, 6.07) is 16.2. The zero-order valence-corrected chi connectivity index (χ0v) is 14.8. The second-order valence-corrected chi connectivity index (χ2v) is 6.49. The lowest BCUT2D eigenvalue weighted by molar-refractivity contribution is 0.856. The molecule has 1 heterocycles. The summed E-state index contributed by atoms with van der Waals surface area (Å²) < 4.78 is 1.94. The topological polar surface area (TPSA) is 53.6 Å². The summed E-state index contributed by atoms with van der Waals surface area (Å²) in [6.07, 6.45) is 5.40. The fourth-order valence-corrected chi connectivity index (χ4v) is 3.02. The number of benzene rings is 2. The minimum atomic E-state index is -0.388. The molecule has 3 rings (SSSR count). The van der Waals surface area contributed by atoms with E-state index in [1.54, 1.807) is 12.5 Å². The highest BCUT2D eigenvalue weighted by atomic mass is 15.0. The molecule has 2 aromatic carbocycles. The molecule has 0 saturated carbocycles. The lowest BCUT2D eigenvalue weighted by Crippen LogP contribution is -2.09. The van der Waals surface area contributed by atoms with E-state index < -0.39 is 0 Å². The summed E-state index contributed by atoms with van der Waals surface area (Å²) in [4.78, 5) is 4.05. The van der Waals surface area contributed by atoms with E-state index in [1.807, 2.05) is 41.1 Å². The molecule has 1 aromatic heterocycles. The van der Waals surface area contributed by atoms with Gasteiger partial charge in [0.15, 0.2) is 0 Å². The maximum absolute atomic E-state index is 9.58. The molecule has 0 fully saturated rings. The monoisotopic (exact) mass is 330 g/mol. The first kappa shape index (κ1) is 16.8. The van der Waals surface area contributed by atoms with Crippen molar-refractivity contribution in [3.05, 3.63) is 77.9 Å². The molecular formula is C21H22N4. The second-order valence-electron chi connectivity index (χ2n) is 6.49. The maximum Gasteiger partial charge on any atom is 0.140 e. The number of nitriles is 1. The van der Waals surface area contributed by atoms with Crippen LogP contribution in [0, 0.1) is 18.3 Å². The smallest absolute Gasteiger partial charge is 0.140 e. The molecular weight excluding hydrogens is 308 g/mol. The number of aromatic nitrogens is 2. The Balaban J connectivity index is 1.79. The van der Waals surface area contributed by atoms with Gasteiger partial charge < -0.3 is 9.88 Å². The van der Waals surface area contributed by atoms with Gasteiger partial charge in [0.1, 0.15) is 6.04 Å². The highest BCUT2D eigenvalue weighted by Crippen LogP contribution is 2.25. The molecule has 1 atom stereocenters. The van der Waals surface area contributed by atoms with Crippen molar-refractivity contribution in [1.29, 1.82) is 5.26 Å². The number of imidazole rings is 1. The number of nitrogens with zero attached hydrogens (tertiary/aromatic N) is 3. The first-order chi connectivity index (χ1) is 12.1. The van der Waals surface area contributed by atoms with Crippen molar-refractivity contribution in [1.82, 2.24) is 9.55 Å². The molecule has 0 bridgehead atoms. The summed E-state index contributed by atoms with van der Waals surface area (Å²) in [6.45, 7) is 6.49. The Morgan fingerprint density at radius 1 is 1.12 bits per heavy atom. The fourth-order valence-electron chi connectivity index (χ4n) is 3.02. The number of aryl methyl sites for hydroxylation is 1. The Morgan fingerprint density at radius 3 is 2.44 bits per heavy atom. The Hall–Kier alpha value is -3.06. The molecule has 126 valence electrons. The minimum Gasteiger partial charge on any atom is -0.366 e. The predicted octanol–water partition coefficient (Wildman–Crippen LogP) is 4.98. The zero-order valence-electron chi connectivity index (χ0n) is 14.8. The molecule has 3 aromatic rings. The third-order valence-electron chi connectivity index (χ3n) is 4.36. The number of nitrogens with one attached hydrogen (secondary N) is 1. The van der Waals surface area contributed by atoms with Crippen LogP contribution in [0.3, 0.4) is 0 Å². The molecule has 0 aliphatic carbocycles. The van der Waals surface area contributed by atoms with Crippen LogP contribution in [0.4, 0.5) is 5.69 Å². The van der Waals surface area contributed by atoms with Gasteiger partial charge in [-0.1, -0.05) is 32.0 Å². The van der Waals surface area contributed by atoms with Crippen LogP contribution >= 0.6 is 0 Å². The van der Waals surface area contributed by atoms with Gasteiger partial charge in [-0.05, 0) is 53.8 Å². The lowest BCUT2D eigenvalue weighted by atomic mass is 9.97. The molecule has 25 heavy (non-hydrogen) atoms. The average Bonchev–Trinajstić information content (AvgIpc) is 3.14. The van der Waals surface area contributed by atoms with Crippen molar-refractivity contribution in [3.63, 3.8) is 0 Å². The lowest BCUT2D eigenvalue weighted by Gasteiger charge is -2.16. The average molecular weight is 330 g/mol. The predicted molar refractivity (Wildman–Crippen MR) is 101 cm³/mol. The number of anilines is 1. The number of hydrogen-bond donors (Lipinski definition) is 1. The standard InChI is InChI=1S/C21H22N4/c1-15(2)20-9-6-18(12-16(20)3)24-21(13-22)17-4-7-19(8-5-17)25-11-10-23-14-25/h4-12,14-15,21,24H,1-3H3/t21-/m1/s1. The SMILES string of the molecule is Cc1cc(N[C@H](C#N)c2ccc(-n3ccnc3)cc2)ccc1C(C)C. The van der Waals surface area contributed by atoms with Crippen LogP contribution in [0.5, 0.6) is 0 Å². The Labute approximate surface area is 148 Å². The highest BCUT2D eigenvalue weighted by molar-refractivity contribution is 5.52. The molecule has 0 saturated heterocycles. The second kappa shape index (κ2) is 7.23. The normalized spacial score (nSPS) is 12.0. The summed E-state index contributed by atoms with van der Waals surface area (Å²) in [5.41, 5.74) is 5.51. The fraction of sp³-hybridized carbons (Fsp3) is 0.238. The quantitative estimate of drug-likeness (QED) is 0.717. The van der Waals surface area contributed by atoms with Gasteiger partial charge in [-0.15, -0.1) is 0 Å². The van der Waals surface area contributed by atoms with E-state index in [2.05, 4.69) is 49.3 Å². The summed E-state index contributed by atoms with van der Waals surface area (Å²) >= 11 is 0. The third kappa shape index (κ3) is 3.72. The van der Waals surface area contributed by atoms with E-state index in [0.29, 0.717) is 5.92 Å². The van der Waals surface area contributed by atoms with Gasteiger partial charge in [0.05, 0.1) is 12.4 Å². The molecule has 0 radical (unpaired) electrons. The molecule has 0 spiro atoms. The van der Waals surface area contributed by atoms with E-state index in [1.165, 1.54) is 11.1 Å². The third-order valence-corrected chi connectivity index (χ3v) is 4.36. The molecule has 0 unspecified atom stereocenters. The van der Waals surface area contributed by atoms with Crippen molar-refractivity contribution in [2.45, 2.75) is 32.7 Å². The van der Waals surface area contributed by atoms with Gasteiger partial charge in [-0.3, -0.25) is 0 Å². The summed E-state index contributed by atoms with van der Waals surface area (Å²) in [5, 5.41) is 12.9. The summed E-state index contributed by atoms with van der Waals surface area (Å²) in [5.74, 6) is 0.497. The van der Waals surface area contributed by atoms with Gasteiger partial charge in [0, 0.05) is 23.8 Å². The van der Waals surface area contributed by atoms with Crippen LogP contribution in [-0.4, -0.2) is 9.55 Å². The van der Waals surface area contributed by atoms with Crippen LogP contribution in [0.25, 0.3) is 5.69 Å². The van der Waals surface area contributed by atoms with Crippen molar-refractivity contribution < 1.29 is 0 Å². The van der Waals surface area contributed by atoms with Crippen LogP contribution in [0.1, 0.15) is 42.5 Å². The van der Waals surface area contributed by atoms with Gasteiger partial charge in [-0.25, -0.2) is 4.98 Å². The number of hydrogen-bond acceptors (Lipinski definition) is 3. The van der Waals surface area contributed by atoms with Crippen molar-refractivity contribution >= 4 is 5.69 Å². The van der Waals surface area contributed by atoms with Crippen molar-refractivity contribution in [3.8, 4) is 11.8 Å². The molecule has 1 N–H and O–H groups in total. The molecule has 0 amide bonds. The van der Waals surface area contributed by atoms with Crippen LogP contribution in [0.15, 0.2) is 61.2 Å². The zero-order chi connectivity index (χ0) is 17.8. The summed E-state index contributed by atoms with van der Waals surface area (Å²) in [7, 11) is 0. The number of rotatable bonds is 5. The van der Waals surface area contributed by atoms with E-state index >= 15 is 0 Å². The Bertz CT molecular complexity index is 871. The van der Waals surface area contributed by atoms with Crippen molar-refractivity contribution in [2.75, 3.05) is 5.32 Å². The van der Waals surface area contributed by atoms with E-state index in [-0.39, 0.29) is 6.04 Å². The van der Waals surface area contributed by atoms with E-state index in [4.69, 9.17) is 0 Å². The van der Waals surface area contributed by atoms with Gasteiger partial charge in [0.25, 0.3) is 0 Å². The Kier molecular flexibility index (Phi) is 4.85. The molecule has 0 aliphatic heterocycles. The minimum absolute atomic E-state index is 0.388. The van der Waals surface area contributed by atoms with E-state index in [0.717, 1.165) is 16.9 Å². The van der Waals surface area contributed by atoms with E-state index in [9.17, 15) is 5.26 Å². The molecule has 4 nitrogen and oxygen atoms in total. The molecule has 4 heteroatoms. The molecule has 0 aliphatic rings. The first-order valence-electron chi connectivity index (χ1n) is 8.43. The highest BCUT2D eigenvalue weighted by Gasteiger charge is 2.12. The first-order valence-corrected chi connectivity index (χ1v) is 8.43. The maximum atomic E-state index is 9.58. The van der Waals surface area contributed by atoms with Crippen molar-refractivity contribution in [2.24, 2.45) is 0 Å².